The minimum absolute atomic E-state index is 0.140. The Kier molecular flexibility index (Phi) is 5.07. The van der Waals surface area contributed by atoms with Crippen LogP contribution in [0.2, 0.25) is 0 Å². The molecule has 2 heterocycles. The van der Waals surface area contributed by atoms with Gasteiger partial charge in [0, 0.05) is 29.9 Å². The van der Waals surface area contributed by atoms with Crippen molar-refractivity contribution in [2.45, 2.75) is 13.0 Å². The van der Waals surface area contributed by atoms with Crippen LogP contribution in [-0.4, -0.2) is 29.0 Å². The van der Waals surface area contributed by atoms with Crippen molar-refractivity contribution in [3.63, 3.8) is 0 Å². The van der Waals surface area contributed by atoms with Crippen molar-refractivity contribution in [1.82, 2.24) is 9.78 Å². The van der Waals surface area contributed by atoms with Crippen LogP contribution in [0.3, 0.4) is 0 Å². The monoisotopic (exact) mass is 397 g/mol. The van der Waals surface area contributed by atoms with Crippen molar-refractivity contribution < 1.29 is 18.3 Å². The van der Waals surface area contributed by atoms with Crippen LogP contribution in [0, 0.1) is 11.6 Å². The van der Waals surface area contributed by atoms with Gasteiger partial charge in [-0.05, 0) is 42.3 Å². The number of carbonyl (C=O) groups excluding carboxylic acids is 1. The summed E-state index contributed by atoms with van der Waals surface area (Å²) in [5.41, 5.74) is 1.58. The predicted molar refractivity (Wildman–Crippen MR) is 103 cm³/mol. The van der Waals surface area contributed by atoms with Crippen LogP contribution in [0.5, 0.6) is 0 Å². The third-order valence-electron chi connectivity index (χ3n) is 4.55. The Morgan fingerprint density at radius 1 is 1.00 bits per heavy atom. The van der Waals surface area contributed by atoms with Gasteiger partial charge in [-0.1, -0.05) is 12.1 Å². The van der Waals surface area contributed by atoms with Gasteiger partial charge in [-0.25, -0.2) is 18.3 Å². The summed E-state index contributed by atoms with van der Waals surface area (Å²) in [6.07, 6.45) is 0.335. The van der Waals surface area contributed by atoms with Crippen LogP contribution in [-0.2, 0) is 11.3 Å². The van der Waals surface area contributed by atoms with Gasteiger partial charge in [-0.2, -0.15) is 5.10 Å². The number of aromatic nitrogens is 2. The standard InChI is InChI=1S/C21H17F2N3O3/c22-16-10-15(11-17(23)12-16)19-5-6-20(27)26(24-19)13-14-3-1-4-18(9-14)25-7-2-8-29-21(25)28/h1,3-6,9-12H,2,7-8,13H2. The Morgan fingerprint density at radius 2 is 1.79 bits per heavy atom. The van der Waals surface area contributed by atoms with Crippen LogP contribution in [0.1, 0.15) is 12.0 Å². The Labute approximate surface area is 165 Å². The van der Waals surface area contributed by atoms with E-state index in [9.17, 15) is 18.4 Å². The average Bonchev–Trinajstić information content (AvgIpc) is 2.69. The first-order valence-electron chi connectivity index (χ1n) is 9.07. The highest BCUT2D eigenvalue weighted by Gasteiger charge is 2.21. The van der Waals surface area contributed by atoms with Crippen LogP contribution in [0.4, 0.5) is 19.3 Å². The number of benzene rings is 2. The van der Waals surface area contributed by atoms with Gasteiger partial charge < -0.3 is 4.74 Å². The van der Waals surface area contributed by atoms with Gasteiger partial charge in [0.25, 0.3) is 5.56 Å². The maximum atomic E-state index is 13.5. The number of amides is 1. The quantitative estimate of drug-likeness (QED) is 0.675. The minimum atomic E-state index is -0.722. The highest BCUT2D eigenvalue weighted by Crippen LogP contribution is 2.21. The molecule has 0 spiro atoms. The zero-order valence-electron chi connectivity index (χ0n) is 15.3. The van der Waals surface area contributed by atoms with Crippen molar-refractivity contribution in [3.05, 3.63) is 82.1 Å². The molecular formula is C21H17F2N3O3. The first-order valence-corrected chi connectivity index (χ1v) is 9.07. The number of halogens is 2. The Bertz CT molecular complexity index is 1110. The molecular weight excluding hydrogens is 380 g/mol. The lowest BCUT2D eigenvalue weighted by Gasteiger charge is -2.26. The molecule has 4 rings (SSSR count). The molecule has 1 fully saturated rings. The Balaban J connectivity index is 1.64. The van der Waals surface area contributed by atoms with E-state index in [4.69, 9.17) is 4.74 Å². The molecule has 0 bridgehead atoms. The van der Waals surface area contributed by atoms with Gasteiger partial charge >= 0.3 is 6.09 Å². The minimum Gasteiger partial charge on any atom is -0.449 e. The van der Waals surface area contributed by atoms with Gasteiger partial charge in [0.15, 0.2) is 0 Å². The van der Waals surface area contributed by atoms with Crippen LogP contribution in [0.15, 0.2) is 59.4 Å². The zero-order valence-corrected chi connectivity index (χ0v) is 15.3. The molecule has 1 aliphatic rings. The van der Waals surface area contributed by atoms with E-state index in [1.807, 2.05) is 0 Å². The van der Waals surface area contributed by atoms with E-state index in [2.05, 4.69) is 5.10 Å². The molecule has 0 saturated carbocycles. The molecule has 1 aromatic heterocycles. The van der Waals surface area contributed by atoms with E-state index < -0.39 is 17.7 Å². The fourth-order valence-corrected chi connectivity index (χ4v) is 3.20. The molecule has 8 heteroatoms. The molecule has 1 amide bonds. The van der Waals surface area contributed by atoms with E-state index >= 15 is 0 Å². The van der Waals surface area contributed by atoms with Gasteiger partial charge in [0.2, 0.25) is 0 Å². The fraction of sp³-hybridized carbons (Fsp3) is 0.190. The molecule has 0 aliphatic carbocycles. The average molecular weight is 397 g/mol. The molecule has 148 valence electrons. The van der Waals surface area contributed by atoms with E-state index in [1.54, 1.807) is 24.3 Å². The summed E-state index contributed by atoms with van der Waals surface area (Å²) >= 11 is 0. The van der Waals surface area contributed by atoms with Crippen LogP contribution >= 0.6 is 0 Å². The maximum absolute atomic E-state index is 13.5. The lowest BCUT2D eigenvalue weighted by molar-refractivity contribution is 0.140. The molecule has 0 unspecified atom stereocenters. The molecule has 29 heavy (non-hydrogen) atoms. The third kappa shape index (κ3) is 4.16. The molecule has 2 aromatic carbocycles. The molecule has 1 saturated heterocycles. The summed E-state index contributed by atoms with van der Waals surface area (Å²) in [4.78, 5) is 25.7. The highest BCUT2D eigenvalue weighted by molar-refractivity contribution is 5.88. The van der Waals surface area contributed by atoms with E-state index in [0.29, 0.717) is 18.8 Å². The summed E-state index contributed by atoms with van der Waals surface area (Å²) < 4.78 is 33.3. The molecule has 0 radical (unpaired) electrons. The second-order valence-electron chi connectivity index (χ2n) is 6.66. The van der Waals surface area contributed by atoms with Crippen molar-refractivity contribution in [2.75, 3.05) is 18.1 Å². The largest absolute Gasteiger partial charge is 0.449 e. The first-order chi connectivity index (χ1) is 14.0. The molecule has 3 aromatic rings. The molecule has 6 nitrogen and oxygen atoms in total. The van der Waals surface area contributed by atoms with Gasteiger partial charge in [0.05, 0.1) is 18.8 Å². The number of hydrogen-bond acceptors (Lipinski definition) is 4. The fourth-order valence-electron chi connectivity index (χ4n) is 3.20. The van der Waals surface area contributed by atoms with E-state index in [1.165, 1.54) is 21.7 Å². The number of carbonyl (C=O) groups is 1. The summed E-state index contributed by atoms with van der Waals surface area (Å²) in [6, 6.07) is 13.0. The molecule has 1 aliphatic heterocycles. The Hall–Kier alpha value is -3.55. The first kappa shape index (κ1) is 18.8. The highest BCUT2D eigenvalue weighted by atomic mass is 19.1. The van der Waals surface area contributed by atoms with Crippen LogP contribution in [0.25, 0.3) is 11.3 Å². The number of anilines is 1. The summed E-state index contributed by atoms with van der Waals surface area (Å²) in [7, 11) is 0. The number of ether oxygens (including phenoxy) is 1. The lowest BCUT2D eigenvalue weighted by Crippen LogP contribution is -2.37. The van der Waals surface area contributed by atoms with Crippen molar-refractivity contribution >= 4 is 11.8 Å². The van der Waals surface area contributed by atoms with E-state index in [0.717, 1.165) is 30.2 Å². The van der Waals surface area contributed by atoms with E-state index in [-0.39, 0.29) is 23.4 Å². The zero-order chi connectivity index (χ0) is 20.4. The molecule has 0 atom stereocenters. The van der Waals surface area contributed by atoms with Gasteiger partial charge in [0.1, 0.15) is 11.6 Å². The number of cyclic esters (lactones) is 1. The smallest absolute Gasteiger partial charge is 0.414 e. The lowest BCUT2D eigenvalue weighted by atomic mass is 10.1. The SMILES string of the molecule is O=C1OCCCN1c1cccc(Cn2nc(-c3cc(F)cc(F)c3)ccc2=O)c1. The normalized spacial score (nSPS) is 14.0. The predicted octanol–water partition coefficient (Wildman–Crippen LogP) is 3.58. The van der Waals surface area contributed by atoms with Crippen molar-refractivity contribution in [1.29, 1.82) is 0 Å². The maximum Gasteiger partial charge on any atom is 0.414 e. The van der Waals surface area contributed by atoms with Crippen molar-refractivity contribution in [3.8, 4) is 11.3 Å². The molecule has 0 N–H and O–H groups in total. The van der Waals surface area contributed by atoms with Gasteiger partial charge in [-0.15, -0.1) is 0 Å². The van der Waals surface area contributed by atoms with Crippen molar-refractivity contribution in [2.24, 2.45) is 0 Å². The number of nitrogens with zero attached hydrogens (tertiary/aromatic N) is 3. The second-order valence-corrected chi connectivity index (χ2v) is 6.66. The summed E-state index contributed by atoms with van der Waals surface area (Å²) in [5, 5.41) is 4.24. The third-order valence-corrected chi connectivity index (χ3v) is 4.55. The number of rotatable bonds is 4. The van der Waals surface area contributed by atoms with Gasteiger partial charge in [-0.3, -0.25) is 9.69 Å². The summed E-state index contributed by atoms with van der Waals surface area (Å²) in [6.45, 7) is 1.10. The summed E-state index contributed by atoms with van der Waals surface area (Å²) in [5.74, 6) is -1.44. The second kappa shape index (κ2) is 7.83. The van der Waals surface area contributed by atoms with Crippen LogP contribution < -0.4 is 10.5 Å². The number of hydrogen-bond donors (Lipinski definition) is 0. The topological polar surface area (TPSA) is 64.4 Å². The Morgan fingerprint density at radius 3 is 2.55 bits per heavy atom.